The lowest BCUT2D eigenvalue weighted by molar-refractivity contribution is 0.0963. The molecule has 0 aliphatic heterocycles. The molecule has 1 aromatic carbocycles. The molecule has 0 unspecified atom stereocenters. The van der Waals surface area contributed by atoms with E-state index in [1.54, 1.807) is 7.05 Å². The van der Waals surface area contributed by atoms with Gasteiger partial charge in [-0.05, 0) is 36.6 Å². The third-order valence-corrected chi connectivity index (χ3v) is 5.02. The molecule has 0 aliphatic carbocycles. The SMILES string of the molecule is CNC(=O)c1ccc2c(C)c(-c3cc(C(C)C)n4ncnc(N)c34)[nH]c2c1. The minimum absolute atomic E-state index is 0.111. The second kappa shape index (κ2) is 6.12. The summed E-state index contributed by atoms with van der Waals surface area (Å²) in [5.74, 6) is 0.612. The Bertz CT molecular complexity index is 1180. The van der Waals surface area contributed by atoms with Gasteiger partial charge in [0.05, 0.1) is 5.69 Å². The number of nitrogen functional groups attached to an aromatic ring is 1. The molecule has 0 bridgehead atoms. The van der Waals surface area contributed by atoms with Gasteiger partial charge in [0.1, 0.15) is 11.8 Å². The number of anilines is 1. The summed E-state index contributed by atoms with van der Waals surface area (Å²) in [6, 6.07) is 7.78. The Morgan fingerprint density at radius 2 is 2.07 bits per heavy atom. The number of H-pyrrole nitrogens is 1. The third-order valence-electron chi connectivity index (χ3n) is 5.02. The molecule has 4 aromatic rings. The minimum Gasteiger partial charge on any atom is -0.382 e. The van der Waals surface area contributed by atoms with E-state index in [-0.39, 0.29) is 11.8 Å². The number of nitrogens with one attached hydrogen (secondary N) is 2. The molecule has 7 nitrogen and oxygen atoms in total. The molecule has 0 atom stereocenters. The average Bonchev–Trinajstić information content (AvgIpc) is 3.20. The van der Waals surface area contributed by atoms with Gasteiger partial charge in [-0.2, -0.15) is 5.10 Å². The number of hydrogen-bond acceptors (Lipinski definition) is 4. The van der Waals surface area contributed by atoms with Gasteiger partial charge in [-0.15, -0.1) is 0 Å². The van der Waals surface area contributed by atoms with Crippen molar-refractivity contribution in [3.8, 4) is 11.3 Å². The van der Waals surface area contributed by atoms with Crippen molar-refractivity contribution in [1.29, 1.82) is 0 Å². The summed E-state index contributed by atoms with van der Waals surface area (Å²) in [5.41, 5.74) is 12.6. The van der Waals surface area contributed by atoms with E-state index in [0.717, 1.165) is 38.9 Å². The maximum absolute atomic E-state index is 12.0. The fraction of sp³-hybridized carbons (Fsp3) is 0.250. The lowest BCUT2D eigenvalue weighted by atomic mass is 10.0. The molecule has 0 saturated heterocycles. The first kappa shape index (κ1) is 17.1. The first-order valence-electron chi connectivity index (χ1n) is 8.89. The van der Waals surface area contributed by atoms with E-state index in [1.165, 1.54) is 6.33 Å². The van der Waals surface area contributed by atoms with E-state index in [9.17, 15) is 4.79 Å². The number of nitrogens with zero attached hydrogens (tertiary/aromatic N) is 3. The number of carbonyl (C=O) groups excluding carboxylic acids is 1. The Balaban J connectivity index is 2.00. The summed E-state index contributed by atoms with van der Waals surface area (Å²) in [7, 11) is 1.63. The number of amides is 1. The molecule has 4 rings (SSSR count). The van der Waals surface area contributed by atoms with Crippen LogP contribution in [0.4, 0.5) is 5.82 Å². The molecule has 27 heavy (non-hydrogen) atoms. The zero-order chi connectivity index (χ0) is 19.3. The van der Waals surface area contributed by atoms with E-state index in [0.29, 0.717) is 11.4 Å². The molecule has 0 saturated carbocycles. The third kappa shape index (κ3) is 2.54. The zero-order valence-electron chi connectivity index (χ0n) is 15.8. The number of aromatic nitrogens is 4. The van der Waals surface area contributed by atoms with Crippen molar-refractivity contribution in [2.45, 2.75) is 26.7 Å². The Morgan fingerprint density at radius 1 is 1.30 bits per heavy atom. The maximum atomic E-state index is 12.0. The molecule has 0 fully saturated rings. The highest BCUT2D eigenvalue weighted by Crippen LogP contribution is 2.37. The number of aryl methyl sites for hydroxylation is 1. The van der Waals surface area contributed by atoms with Crippen molar-refractivity contribution >= 4 is 28.1 Å². The van der Waals surface area contributed by atoms with Crippen LogP contribution in [0.2, 0.25) is 0 Å². The fourth-order valence-corrected chi connectivity index (χ4v) is 3.59. The van der Waals surface area contributed by atoms with Gasteiger partial charge < -0.3 is 16.0 Å². The van der Waals surface area contributed by atoms with Crippen LogP contribution in [0.5, 0.6) is 0 Å². The van der Waals surface area contributed by atoms with Crippen LogP contribution in [0.15, 0.2) is 30.6 Å². The Hall–Kier alpha value is -3.35. The molecule has 3 aromatic heterocycles. The maximum Gasteiger partial charge on any atom is 0.251 e. The Labute approximate surface area is 156 Å². The summed E-state index contributed by atoms with van der Waals surface area (Å²) in [5, 5.41) is 8.13. The van der Waals surface area contributed by atoms with E-state index < -0.39 is 0 Å². The second-order valence-corrected chi connectivity index (χ2v) is 7.01. The summed E-state index contributed by atoms with van der Waals surface area (Å²) in [4.78, 5) is 19.6. The van der Waals surface area contributed by atoms with Crippen molar-refractivity contribution < 1.29 is 4.79 Å². The zero-order valence-corrected chi connectivity index (χ0v) is 15.8. The highest BCUT2D eigenvalue weighted by atomic mass is 16.1. The predicted octanol–water partition coefficient (Wildman–Crippen LogP) is 3.25. The number of carbonyl (C=O) groups is 1. The Morgan fingerprint density at radius 3 is 2.78 bits per heavy atom. The van der Waals surface area contributed by atoms with Crippen LogP contribution in [-0.2, 0) is 0 Å². The van der Waals surface area contributed by atoms with E-state index in [1.807, 2.05) is 22.7 Å². The van der Waals surface area contributed by atoms with Crippen molar-refractivity contribution in [2.75, 3.05) is 12.8 Å². The molecule has 7 heteroatoms. The van der Waals surface area contributed by atoms with Crippen LogP contribution in [0.3, 0.4) is 0 Å². The summed E-state index contributed by atoms with van der Waals surface area (Å²) >= 11 is 0. The highest BCUT2D eigenvalue weighted by Gasteiger charge is 2.20. The second-order valence-electron chi connectivity index (χ2n) is 7.01. The number of aromatic amines is 1. The molecule has 0 spiro atoms. The first-order valence-corrected chi connectivity index (χ1v) is 8.89. The molecular weight excluding hydrogens is 340 g/mol. The molecule has 4 N–H and O–H groups in total. The van der Waals surface area contributed by atoms with Crippen LogP contribution in [0.25, 0.3) is 27.7 Å². The number of nitrogens with two attached hydrogens (primary N) is 1. The molecule has 0 radical (unpaired) electrons. The normalized spacial score (nSPS) is 11.6. The summed E-state index contributed by atoms with van der Waals surface area (Å²) in [6.07, 6.45) is 1.48. The smallest absolute Gasteiger partial charge is 0.251 e. The number of hydrogen-bond donors (Lipinski definition) is 3. The highest BCUT2D eigenvalue weighted by molar-refractivity contribution is 6.01. The van der Waals surface area contributed by atoms with Crippen LogP contribution < -0.4 is 11.1 Å². The van der Waals surface area contributed by atoms with Gasteiger partial charge in [-0.1, -0.05) is 19.9 Å². The summed E-state index contributed by atoms with van der Waals surface area (Å²) in [6.45, 7) is 6.31. The fourth-order valence-electron chi connectivity index (χ4n) is 3.59. The van der Waals surface area contributed by atoms with Crippen LogP contribution in [0, 0.1) is 6.92 Å². The van der Waals surface area contributed by atoms with Gasteiger partial charge in [0.25, 0.3) is 5.91 Å². The average molecular weight is 362 g/mol. The van der Waals surface area contributed by atoms with Gasteiger partial charge in [-0.25, -0.2) is 9.50 Å². The van der Waals surface area contributed by atoms with Gasteiger partial charge in [-0.3, -0.25) is 4.79 Å². The minimum atomic E-state index is -0.111. The lowest BCUT2D eigenvalue weighted by Gasteiger charge is -2.05. The quantitative estimate of drug-likeness (QED) is 0.521. The number of benzene rings is 1. The van der Waals surface area contributed by atoms with Gasteiger partial charge >= 0.3 is 0 Å². The van der Waals surface area contributed by atoms with E-state index >= 15 is 0 Å². The monoisotopic (exact) mass is 362 g/mol. The van der Waals surface area contributed by atoms with Gasteiger partial charge in [0, 0.05) is 34.8 Å². The lowest BCUT2D eigenvalue weighted by Crippen LogP contribution is -2.17. The van der Waals surface area contributed by atoms with Gasteiger partial charge in [0.2, 0.25) is 0 Å². The van der Waals surface area contributed by atoms with Crippen molar-refractivity contribution in [3.05, 3.63) is 47.4 Å². The predicted molar refractivity (Wildman–Crippen MR) is 107 cm³/mol. The van der Waals surface area contributed by atoms with Crippen molar-refractivity contribution in [1.82, 2.24) is 24.9 Å². The molecular formula is C20H22N6O. The van der Waals surface area contributed by atoms with Gasteiger partial charge in [0.15, 0.2) is 5.82 Å². The van der Waals surface area contributed by atoms with Crippen LogP contribution >= 0.6 is 0 Å². The first-order chi connectivity index (χ1) is 12.9. The van der Waals surface area contributed by atoms with E-state index in [4.69, 9.17) is 5.73 Å². The molecule has 1 amide bonds. The molecule has 138 valence electrons. The number of fused-ring (bicyclic) bond motifs is 2. The van der Waals surface area contributed by atoms with Crippen molar-refractivity contribution in [3.63, 3.8) is 0 Å². The number of rotatable bonds is 3. The van der Waals surface area contributed by atoms with Crippen LogP contribution in [-0.4, -0.2) is 32.5 Å². The topological polar surface area (TPSA) is 101 Å². The molecule has 3 heterocycles. The molecule has 0 aliphatic rings. The van der Waals surface area contributed by atoms with E-state index in [2.05, 4.69) is 47.2 Å². The van der Waals surface area contributed by atoms with Crippen LogP contribution in [0.1, 0.15) is 41.4 Å². The standard InChI is InChI=1S/C20H22N6O/c1-10(2)16-8-14(18-19(21)23-9-24-26(16)18)17-11(3)13-6-5-12(20(27)22-4)7-15(13)25-17/h5-10,25H,1-4H3,(H,22,27)(H2,21,23,24). The largest absolute Gasteiger partial charge is 0.382 e. The Kier molecular flexibility index (Phi) is 3.87. The van der Waals surface area contributed by atoms with Crippen molar-refractivity contribution in [2.24, 2.45) is 0 Å². The summed E-state index contributed by atoms with van der Waals surface area (Å²) < 4.78 is 1.86.